The molecule has 0 amide bonds. The number of rotatable bonds is 3. The highest BCUT2D eigenvalue weighted by atomic mass is 16.5. The van der Waals surface area contributed by atoms with Crippen molar-refractivity contribution in [3.05, 3.63) is 41.7 Å². The number of nitrogens with zero attached hydrogens (tertiary/aromatic N) is 3. The molecule has 0 aliphatic carbocycles. The number of hydrogen-bond donors (Lipinski definition) is 1. The second-order valence-electron chi connectivity index (χ2n) is 5.55. The minimum atomic E-state index is 0.233. The van der Waals surface area contributed by atoms with Crippen molar-refractivity contribution in [2.45, 2.75) is 19.3 Å². The lowest BCUT2D eigenvalue weighted by Gasteiger charge is -1.97. The summed E-state index contributed by atoms with van der Waals surface area (Å²) in [7, 11) is 0. The Morgan fingerprint density at radius 2 is 2.09 bits per heavy atom. The fourth-order valence-electron chi connectivity index (χ4n) is 2.55. The van der Waals surface area contributed by atoms with Crippen LogP contribution >= 0.6 is 0 Å². The molecule has 1 aliphatic rings. The third kappa shape index (κ3) is 2.42. The molecule has 4 rings (SSSR count). The van der Waals surface area contributed by atoms with Crippen LogP contribution in [0.25, 0.3) is 22.8 Å². The Balaban J connectivity index is 1.59. The van der Waals surface area contributed by atoms with Crippen LogP contribution in [0.3, 0.4) is 0 Å². The number of ether oxygens (including phenoxy) is 1. The molecule has 1 aliphatic heterocycles. The molecule has 0 radical (unpaired) electrons. The molecule has 1 saturated heterocycles. The maximum atomic E-state index is 5.36. The van der Waals surface area contributed by atoms with Gasteiger partial charge in [-0.1, -0.05) is 35.0 Å². The van der Waals surface area contributed by atoms with Crippen LogP contribution in [0.2, 0.25) is 0 Å². The van der Waals surface area contributed by atoms with Crippen molar-refractivity contribution in [2.24, 2.45) is 0 Å². The number of aromatic nitrogens is 4. The summed E-state index contributed by atoms with van der Waals surface area (Å²) in [4.78, 5) is 4.45. The standard InChI is InChI=1S/C16H16N4O2/c1-10-2-4-11(5-3-10)13-8-14(19-18-13)16-17-15(20-22-16)12-6-7-21-9-12/h2-5,8,12H,6-7,9H2,1H3,(H,18,19)/t12-/m1/s1. The van der Waals surface area contributed by atoms with Crippen molar-refractivity contribution >= 4 is 0 Å². The van der Waals surface area contributed by atoms with E-state index in [1.54, 1.807) is 0 Å². The van der Waals surface area contributed by atoms with E-state index < -0.39 is 0 Å². The van der Waals surface area contributed by atoms with Gasteiger partial charge in [-0.2, -0.15) is 10.1 Å². The Morgan fingerprint density at radius 1 is 1.23 bits per heavy atom. The first-order chi connectivity index (χ1) is 10.8. The summed E-state index contributed by atoms with van der Waals surface area (Å²) in [6.45, 7) is 3.49. The largest absolute Gasteiger partial charge is 0.381 e. The topological polar surface area (TPSA) is 76.8 Å². The normalized spacial score (nSPS) is 18.0. The Labute approximate surface area is 127 Å². The molecular formula is C16H16N4O2. The molecule has 0 bridgehead atoms. The number of aromatic amines is 1. The highest BCUT2D eigenvalue weighted by molar-refractivity contribution is 5.64. The van der Waals surface area contributed by atoms with E-state index in [0.29, 0.717) is 18.3 Å². The summed E-state index contributed by atoms with van der Waals surface area (Å²) in [6, 6.07) is 10.1. The van der Waals surface area contributed by atoms with Gasteiger partial charge < -0.3 is 9.26 Å². The van der Waals surface area contributed by atoms with E-state index in [9.17, 15) is 0 Å². The van der Waals surface area contributed by atoms with Crippen molar-refractivity contribution in [1.29, 1.82) is 0 Å². The number of benzene rings is 1. The van der Waals surface area contributed by atoms with Gasteiger partial charge >= 0.3 is 0 Å². The fourth-order valence-corrected chi connectivity index (χ4v) is 2.55. The lowest BCUT2D eigenvalue weighted by molar-refractivity contribution is 0.192. The quantitative estimate of drug-likeness (QED) is 0.804. The van der Waals surface area contributed by atoms with Crippen LogP contribution in [0.5, 0.6) is 0 Å². The Kier molecular flexibility index (Phi) is 3.23. The first-order valence-corrected chi connectivity index (χ1v) is 7.34. The van der Waals surface area contributed by atoms with Crippen molar-refractivity contribution < 1.29 is 9.26 Å². The summed E-state index contributed by atoms with van der Waals surface area (Å²) >= 11 is 0. The highest BCUT2D eigenvalue weighted by Crippen LogP contribution is 2.27. The fraction of sp³-hybridized carbons (Fsp3) is 0.312. The van der Waals surface area contributed by atoms with Crippen LogP contribution in [0.1, 0.15) is 23.7 Å². The third-order valence-corrected chi connectivity index (χ3v) is 3.89. The molecule has 6 heteroatoms. The lowest BCUT2D eigenvalue weighted by atomic mass is 10.1. The molecule has 3 aromatic rings. The third-order valence-electron chi connectivity index (χ3n) is 3.89. The second-order valence-corrected chi connectivity index (χ2v) is 5.55. The average Bonchev–Trinajstić information content (AvgIpc) is 3.27. The maximum absolute atomic E-state index is 5.36. The van der Waals surface area contributed by atoms with E-state index in [2.05, 4.69) is 39.4 Å². The SMILES string of the molecule is Cc1ccc(-c2cc(-c3nc([C@@H]4CCOC4)no3)[nH]n2)cc1. The number of nitrogens with one attached hydrogen (secondary N) is 1. The molecule has 1 N–H and O–H groups in total. The Hall–Kier alpha value is -2.47. The van der Waals surface area contributed by atoms with Crippen LogP contribution in [0.4, 0.5) is 0 Å². The van der Waals surface area contributed by atoms with Gasteiger partial charge in [-0.15, -0.1) is 0 Å². The summed E-state index contributed by atoms with van der Waals surface area (Å²) in [5, 5.41) is 11.3. The van der Waals surface area contributed by atoms with E-state index in [-0.39, 0.29) is 5.92 Å². The van der Waals surface area contributed by atoms with Gasteiger partial charge in [-0.25, -0.2) is 0 Å². The molecule has 22 heavy (non-hydrogen) atoms. The van der Waals surface area contributed by atoms with Gasteiger partial charge in [-0.05, 0) is 19.4 Å². The molecule has 0 unspecified atom stereocenters. The minimum absolute atomic E-state index is 0.233. The van der Waals surface area contributed by atoms with Crippen molar-refractivity contribution in [1.82, 2.24) is 20.3 Å². The van der Waals surface area contributed by atoms with Crippen molar-refractivity contribution in [3.63, 3.8) is 0 Å². The Morgan fingerprint density at radius 3 is 2.86 bits per heavy atom. The van der Waals surface area contributed by atoms with Crippen LogP contribution in [-0.4, -0.2) is 33.6 Å². The molecule has 3 heterocycles. The van der Waals surface area contributed by atoms with E-state index >= 15 is 0 Å². The van der Waals surface area contributed by atoms with E-state index in [0.717, 1.165) is 30.0 Å². The lowest BCUT2D eigenvalue weighted by Crippen LogP contribution is -1.99. The Bertz CT molecular complexity index is 770. The average molecular weight is 296 g/mol. The zero-order valence-corrected chi connectivity index (χ0v) is 12.2. The van der Waals surface area contributed by atoms with Crippen LogP contribution in [0, 0.1) is 6.92 Å². The van der Waals surface area contributed by atoms with Gasteiger partial charge in [0.05, 0.1) is 12.3 Å². The molecule has 2 aromatic heterocycles. The molecule has 6 nitrogen and oxygen atoms in total. The zero-order valence-electron chi connectivity index (χ0n) is 12.2. The minimum Gasteiger partial charge on any atom is -0.381 e. The predicted molar refractivity (Wildman–Crippen MR) is 80.2 cm³/mol. The van der Waals surface area contributed by atoms with E-state index in [1.807, 2.05) is 18.2 Å². The molecule has 1 aromatic carbocycles. The zero-order chi connectivity index (χ0) is 14.9. The van der Waals surface area contributed by atoms with Crippen LogP contribution in [-0.2, 0) is 4.74 Å². The maximum Gasteiger partial charge on any atom is 0.275 e. The van der Waals surface area contributed by atoms with Crippen molar-refractivity contribution in [3.8, 4) is 22.8 Å². The summed E-state index contributed by atoms with van der Waals surface area (Å²) in [6.07, 6.45) is 0.941. The van der Waals surface area contributed by atoms with Gasteiger partial charge in [-0.3, -0.25) is 5.10 Å². The predicted octanol–water partition coefficient (Wildman–Crippen LogP) is 2.94. The number of H-pyrrole nitrogens is 1. The number of aryl methyl sites for hydroxylation is 1. The molecule has 0 saturated carbocycles. The van der Waals surface area contributed by atoms with Gasteiger partial charge in [0.2, 0.25) is 0 Å². The molecule has 112 valence electrons. The van der Waals surface area contributed by atoms with E-state index in [1.165, 1.54) is 5.56 Å². The van der Waals surface area contributed by atoms with Gasteiger partial charge in [0.25, 0.3) is 5.89 Å². The summed E-state index contributed by atoms with van der Waals surface area (Å²) < 4.78 is 10.7. The number of hydrogen-bond acceptors (Lipinski definition) is 5. The van der Waals surface area contributed by atoms with Gasteiger partial charge in [0.15, 0.2) is 5.82 Å². The molecule has 0 spiro atoms. The smallest absolute Gasteiger partial charge is 0.275 e. The van der Waals surface area contributed by atoms with Crippen LogP contribution < -0.4 is 0 Å². The highest BCUT2D eigenvalue weighted by Gasteiger charge is 2.24. The monoisotopic (exact) mass is 296 g/mol. The summed E-state index contributed by atoms with van der Waals surface area (Å²) in [5.74, 6) is 1.41. The first-order valence-electron chi connectivity index (χ1n) is 7.34. The van der Waals surface area contributed by atoms with Crippen molar-refractivity contribution in [2.75, 3.05) is 13.2 Å². The van der Waals surface area contributed by atoms with Gasteiger partial charge in [0.1, 0.15) is 5.69 Å². The van der Waals surface area contributed by atoms with Crippen LogP contribution in [0.15, 0.2) is 34.9 Å². The molecular weight excluding hydrogens is 280 g/mol. The molecule has 1 fully saturated rings. The summed E-state index contributed by atoms with van der Waals surface area (Å²) in [5.41, 5.74) is 3.86. The van der Waals surface area contributed by atoms with Gasteiger partial charge in [0, 0.05) is 18.1 Å². The molecule has 1 atom stereocenters. The first kappa shape index (κ1) is 13.2. The van der Waals surface area contributed by atoms with E-state index in [4.69, 9.17) is 9.26 Å². The second kappa shape index (κ2) is 5.38.